The molecule has 240 valence electrons. The molecule has 20 heteroatoms. The maximum atomic E-state index is 13.8. The summed E-state index contributed by atoms with van der Waals surface area (Å²) in [5.41, 5.74) is -6.66. The molecule has 0 bridgehead atoms. The summed E-state index contributed by atoms with van der Waals surface area (Å²) in [7, 11) is 0. The zero-order valence-electron chi connectivity index (χ0n) is 21.6. The van der Waals surface area contributed by atoms with Gasteiger partial charge in [0, 0.05) is 37.3 Å². The van der Waals surface area contributed by atoms with Crippen LogP contribution in [0, 0.1) is 0 Å². The number of hydrogen-bond acceptors (Lipinski definition) is 9. The number of carbonyl (C=O) groups is 1. The van der Waals surface area contributed by atoms with Crippen molar-refractivity contribution in [1.82, 2.24) is 5.16 Å². The summed E-state index contributed by atoms with van der Waals surface area (Å²) in [6.07, 6.45) is -10.2. The average molecular weight is 722 g/mol. The van der Waals surface area contributed by atoms with Crippen LogP contribution in [0.3, 0.4) is 0 Å². The van der Waals surface area contributed by atoms with Gasteiger partial charge in [0.05, 0.1) is 19.1 Å². The molecule has 0 fully saturated rings. The third-order valence-corrected chi connectivity index (χ3v) is 7.15. The smallest absolute Gasteiger partial charge is 0.435 e. The monoisotopic (exact) mass is 720 g/mol. The first-order valence-corrected chi connectivity index (χ1v) is 13.4. The summed E-state index contributed by atoms with van der Waals surface area (Å²) >= 11 is 23.0. The molecule has 2 aromatic carbocycles. The molecule has 0 amide bonds. The Hall–Kier alpha value is -3.73. The number of aromatic nitrogens is 1. The van der Waals surface area contributed by atoms with E-state index in [0.29, 0.717) is 0 Å². The number of nitrogens with zero attached hydrogens (tertiary/aromatic N) is 4. The van der Waals surface area contributed by atoms with E-state index in [-0.39, 0.29) is 48.3 Å². The number of alkyl halides is 6. The molecule has 2 unspecified atom stereocenters. The van der Waals surface area contributed by atoms with Crippen molar-refractivity contribution in [3.05, 3.63) is 85.1 Å². The Labute approximate surface area is 267 Å². The minimum Gasteiger partial charge on any atom is -0.475 e. The van der Waals surface area contributed by atoms with Crippen molar-refractivity contribution in [2.75, 3.05) is 0 Å². The summed E-state index contributed by atoms with van der Waals surface area (Å²) < 4.78 is 86.0. The highest BCUT2D eigenvalue weighted by Crippen LogP contribution is 2.50. The van der Waals surface area contributed by atoms with Gasteiger partial charge in [-0.15, -0.1) is 0 Å². The minimum absolute atomic E-state index is 0.00206. The van der Waals surface area contributed by atoms with Crippen molar-refractivity contribution in [2.45, 2.75) is 36.4 Å². The molecule has 0 aliphatic carbocycles. The molecule has 2 N–H and O–H groups in total. The molecule has 10 nitrogen and oxygen atoms in total. The highest BCUT2D eigenvalue weighted by Gasteiger charge is 2.63. The van der Waals surface area contributed by atoms with E-state index in [2.05, 4.69) is 30.0 Å². The number of oxime groups is 3. The van der Waals surface area contributed by atoms with E-state index in [1.807, 2.05) is 0 Å². The van der Waals surface area contributed by atoms with E-state index >= 15 is 0 Å². The highest BCUT2D eigenvalue weighted by molar-refractivity contribution is 6.35. The second-order valence-electron chi connectivity index (χ2n) is 9.25. The van der Waals surface area contributed by atoms with Gasteiger partial charge in [-0.3, -0.25) is 0 Å². The van der Waals surface area contributed by atoms with E-state index in [9.17, 15) is 31.1 Å². The largest absolute Gasteiger partial charge is 0.475 e. The Bertz CT molecular complexity index is 1670. The van der Waals surface area contributed by atoms with Crippen LogP contribution in [-0.4, -0.2) is 51.4 Å². The molecule has 5 rings (SSSR count). The molecular formula is C25H14Cl4F6N4O6. The molecule has 2 aliphatic rings. The lowest BCUT2D eigenvalue weighted by Crippen LogP contribution is -2.42. The lowest BCUT2D eigenvalue weighted by Gasteiger charge is -2.29. The molecule has 3 heterocycles. The van der Waals surface area contributed by atoms with Crippen molar-refractivity contribution in [3.63, 3.8) is 0 Å². The molecule has 2 aliphatic heterocycles. The van der Waals surface area contributed by atoms with Gasteiger partial charge in [0.1, 0.15) is 17.1 Å². The lowest BCUT2D eigenvalue weighted by molar-refractivity contribution is -0.276. The summed E-state index contributed by atoms with van der Waals surface area (Å²) in [4.78, 5) is 20.2. The first-order valence-electron chi connectivity index (χ1n) is 11.9. The number of carboxylic acid groups (broad SMARTS) is 1. The molecule has 0 saturated carbocycles. The van der Waals surface area contributed by atoms with E-state index in [0.717, 1.165) is 36.5 Å². The van der Waals surface area contributed by atoms with Crippen LogP contribution in [0.25, 0.3) is 0 Å². The number of rotatable bonds is 5. The average Bonchev–Trinajstić information content (AvgIpc) is 3.66. The van der Waals surface area contributed by atoms with Gasteiger partial charge in [-0.25, -0.2) is 4.79 Å². The van der Waals surface area contributed by atoms with E-state index in [1.165, 1.54) is 12.1 Å². The van der Waals surface area contributed by atoms with Crippen LogP contribution >= 0.6 is 46.4 Å². The topological polar surface area (TPSA) is 139 Å². The summed E-state index contributed by atoms with van der Waals surface area (Å²) in [6, 6.07) is 7.91. The van der Waals surface area contributed by atoms with Crippen molar-refractivity contribution in [1.29, 1.82) is 0 Å². The van der Waals surface area contributed by atoms with Gasteiger partial charge < -0.3 is 24.5 Å². The number of benzene rings is 2. The minimum atomic E-state index is -4.86. The SMILES string of the molecule is O/N=C/C1=NOC(c2cc(Cl)cc(Cl)c2)(C(F)(F)F)C1.O=C(O)c1cc(C2=NOC(c3cc(Cl)cc(Cl)c3)(C(F)(F)F)C2)no1. The molecule has 0 saturated heterocycles. The second kappa shape index (κ2) is 12.6. The number of carboxylic acids is 1. The van der Waals surface area contributed by atoms with E-state index in [4.69, 9.17) is 61.6 Å². The van der Waals surface area contributed by atoms with Crippen molar-refractivity contribution < 1.29 is 55.6 Å². The first-order chi connectivity index (χ1) is 20.9. The molecule has 0 spiro atoms. The van der Waals surface area contributed by atoms with Crippen molar-refractivity contribution >= 4 is 70.0 Å². The third-order valence-electron chi connectivity index (χ3n) is 6.27. The Kier molecular flexibility index (Phi) is 9.54. The molecular weight excluding hydrogens is 708 g/mol. The summed E-state index contributed by atoms with van der Waals surface area (Å²) in [5.74, 6) is -1.95. The first kappa shape index (κ1) is 34.1. The predicted molar refractivity (Wildman–Crippen MR) is 148 cm³/mol. The Morgan fingerprint density at radius 3 is 1.69 bits per heavy atom. The second-order valence-corrected chi connectivity index (χ2v) is 11.0. The molecule has 3 aromatic rings. The van der Waals surface area contributed by atoms with Gasteiger partial charge in [0.15, 0.2) is 0 Å². The third kappa shape index (κ3) is 6.93. The van der Waals surface area contributed by atoms with Crippen LogP contribution in [0.2, 0.25) is 20.1 Å². The number of halogens is 10. The van der Waals surface area contributed by atoms with Crippen LogP contribution in [0.15, 0.2) is 62.5 Å². The maximum absolute atomic E-state index is 13.8. The zero-order valence-corrected chi connectivity index (χ0v) is 24.7. The maximum Gasteiger partial charge on any atom is 0.435 e. The fraction of sp³-hybridized carbons (Fsp3) is 0.240. The fourth-order valence-electron chi connectivity index (χ4n) is 4.19. The number of aromatic carboxylic acids is 1. The summed E-state index contributed by atoms with van der Waals surface area (Å²) in [5, 5.41) is 30.0. The van der Waals surface area contributed by atoms with Gasteiger partial charge in [-0.05, 0) is 36.4 Å². The number of hydrogen-bond donors (Lipinski definition) is 2. The predicted octanol–water partition coefficient (Wildman–Crippen LogP) is 8.25. The van der Waals surface area contributed by atoms with Gasteiger partial charge in [-0.1, -0.05) is 67.0 Å². The van der Waals surface area contributed by atoms with Gasteiger partial charge in [0.2, 0.25) is 5.76 Å². The zero-order chi connectivity index (χ0) is 33.4. The molecule has 1 aromatic heterocycles. The Morgan fingerprint density at radius 2 is 1.27 bits per heavy atom. The Balaban J connectivity index is 0.000000210. The molecule has 0 radical (unpaired) electrons. The standard InChI is InChI=1S/C14H7Cl2F3N2O4.C11H7Cl2F3N2O2/c15-7-1-6(2-8(16)3-7)13(14(17,18)19)5-10(21-25-13)9-4-11(12(22)23)24-20-9;12-7-1-6(2-8(13)3-7)10(11(14,15)16)4-9(5-17-19)18-20-10/h1-4H,5H2,(H,22,23);1-3,5,19H,4H2/b;17-5+. The normalized spacial score (nSPS) is 21.5. The molecule has 45 heavy (non-hydrogen) atoms. The van der Waals surface area contributed by atoms with Gasteiger partial charge in [-0.2, -0.15) is 26.3 Å². The van der Waals surface area contributed by atoms with Crippen LogP contribution in [0.4, 0.5) is 26.3 Å². The van der Waals surface area contributed by atoms with E-state index < -0.39 is 48.1 Å². The lowest BCUT2D eigenvalue weighted by atomic mass is 9.87. The van der Waals surface area contributed by atoms with Crippen LogP contribution in [0.1, 0.15) is 40.2 Å². The van der Waals surface area contributed by atoms with Crippen molar-refractivity contribution in [3.8, 4) is 0 Å². The highest BCUT2D eigenvalue weighted by atomic mass is 35.5. The quantitative estimate of drug-likeness (QED) is 0.117. The summed E-state index contributed by atoms with van der Waals surface area (Å²) in [6.45, 7) is 0. The van der Waals surface area contributed by atoms with Crippen LogP contribution in [-0.2, 0) is 20.9 Å². The van der Waals surface area contributed by atoms with E-state index in [1.54, 1.807) is 0 Å². The Morgan fingerprint density at radius 1 is 0.800 bits per heavy atom. The van der Waals surface area contributed by atoms with Gasteiger partial charge in [0.25, 0.3) is 11.2 Å². The van der Waals surface area contributed by atoms with Crippen LogP contribution in [0.5, 0.6) is 0 Å². The van der Waals surface area contributed by atoms with Crippen LogP contribution < -0.4 is 0 Å². The fourth-order valence-corrected chi connectivity index (χ4v) is 5.24. The molecule has 2 atom stereocenters. The van der Waals surface area contributed by atoms with Crippen molar-refractivity contribution in [2.24, 2.45) is 15.5 Å². The van der Waals surface area contributed by atoms with Gasteiger partial charge >= 0.3 is 18.3 Å².